The predicted molar refractivity (Wildman–Crippen MR) is 108 cm³/mol. The van der Waals surface area contributed by atoms with Crippen molar-refractivity contribution in [1.82, 2.24) is 9.62 Å². The van der Waals surface area contributed by atoms with Gasteiger partial charge in [0.15, 0.2) is 0 Å². The van der Waals surface area contributed by atoms with Gasteiger partial charge in [-0.1, -0.05) is 35.3 Å². The van der Waals surface area contributed by atoms with Crippen molar-refractivity contribution in [3.05, 3.63) is 63.1 Å². The second-order valence-electron chi connectivity index (χ2n) is 6.58. The van der Waals surface area contributed by atoms with Gasteiger partial charge in [-0.05, 0) is 48.0 Å². The Bertz CT molecular complexity index is 874. The number of benzene rings is 2. The highest BCUT2D eigenvalue weighted by Crippen LogP contribution is 2.38. The van der Waals surface area contributed by atoms with Gasteiger partial charge >= 0.3 is 5.97 Å². The van der Waals surface area contributed by atoms with Gasteiger partial charge in [0.2, 0.25) is 0 Å². The van der Waals surface area contributed by atoms with Crippen LogP contribution in [0.2, 0.25) is 10.0 Å². The van der Waals surface area contributed by atoms with Crippen molar-refractivity contribution >= 4 is 40.2 Å². The molecule has 3 rings (SSSR count). The molecule has 0 aliphatic carbocycles. The zero-order chi connectivity index (χ0) is 19.6. The maximum atomic E-state index is 12.2. The molecule has 27 heavy (non-hydrogen) atoms. The number of hydrogen-bond donors (Lipinski definition) is 2. The van der Waals surface area contributed by atoms with Crippen LogP contribution in [-0.4, -0.2) is 40.3 Å². The van der Waals surface area contributed by atoms with Crippen molar-refractivity contribution in [3.63, 3.8) is 0 Å². The smallest absolute Gasteiger partial charge is 0.304 e. The number of carboxylic acids is 1. The Labute approximate surface area is 170 Å². The molecule has 8 heteroatoms. The average Bonchev–Trinajstić information content (AvgIpc) is 2.61. The molecule has 1 aliphatic heterocycles. The molecular weight excluding hydrogens is 407 g/mol. The molecule has 1 aliphatic rings. The van der Waals surface area contributed by atoms with Crippen LogP contribution >= 0.6 is 23.2 Å². The van der Waals surface area contributed by atoms with E-state index in [1.165, 1.54) is 0 Å². The molecule has 0 fully saturated rings. The average molecular weight is 427 g/mol. The molecule has 2 aromatic carbocycles. The van der Waals surface area contributed by atoms with E-state index in [1.807, 2.05) is 18.2 Å². The second-order valence-corrected chi connectivity index (χ2v) is 8.72. The molecule has 2 unspecified atom stereocenters. The standard InChI is InChI=1S/C19H20Cl2N2O3S/c1-23-10-16(15-8-13(20)9-18(21)17(15)11-23)12-2-4-14(5-3-12)27(26)22-7-6-19(24)25/h2-5,8-9,16,22H,6-7,10-11H2,1H3,(H,24,25). The van der Waals surface area contributed by atoms with Crippen LogP contribution in [0.25, 0.3) is 0 Å². The molecule has 0 saturated heterocycles. The SMILES string of the molecule is CN1Cc2c(Cl)cc(Cl)cc2C(c2ccc(S(=O)NCCC(=O)O)cc2)C1. The van der Waals surface area contributed by atoms with E-state index in [4.69, 9.17) is 28.3 Å². The van der Waals surface area contributed by atoms with Gasteiger partial charge in [-0.15, -0.1) is 0 Å². The molecule has 0 radical (unpaired) electrons. The normalized spacial score (nSPS) is 18.1. The Kier molecular flexibility index (Phi) is 6.55. The molecular formula is C19H20Cl2N2O3S. The van der Waals surface area contributed by atoms with Crippen molar-refractivity contribution in [1.29, 1.82) is 0 Å². The quantitative estimate of drug-likeness (QED) is 0.739. The maximum absolute atomic E-state index is 12.2. The summed E-state index contributed by atoms with van der Waals surface area (Å²) in [6, 6.07) is 11.3. The fraction of sp³-hybridized carbons (Fsp3) is 0.316. The minimum atomic E-state index is -1.44. The summed E-state index contributed by atoms with van der Waals surface area (Å²) in [5.74, 6) is -0.801. The number of carbonyl (C=O) groups is 1. The number of hydrogen-bond acceptors (Lipinski definition) is 3. The van der Waals surface area contributed by atoms with Crippen LogP contribution in [0.15, 0.2) is 41.3 Å². The summed E-state index contributed by atoms with van der Waals surface area (Å²) in [5, 5.41) is 9.95. The predicted octanol–water partition coefficient (Wildman–Crippen LogP) is 3.66. The number of nitrogens with zero attached hydrogens (tertiary/aromatic N) is 1. The molecule has 2 atom stereocenters. The van der Waals surface area contributed by atoms with Crippen LogP contribution in [0, 0.1) is 0 Å². The first-order valence-corrected chi connectivity index (χ1v) is 10.4. The molecule has 0 spiro atoms. The third kappa shape index (κ3) is 4.89. The lowest BCUT2D eigenvalue weighted by Crippen LogP contribution is -2.31. The van der Waals surface area contributed by atoms with E-state index >= 15 is 0 Å². The van der Waals surface area contributed by atoms with Crippen LogP contribution < -0.4 is 4.72 Å². The Morgan fingerprint density at radius 2 is 2.00 bits per heavy atom. The van der Waals surface area contributed by atoms with Gasteiger partial charge in [0.25, 0.3) is 0 Å². The van der Waals surface area contributed by atoms with E-state index in [-0.39, 0.29) is 18.9 Å². The summed E-state index contributed by atoms with van der Waals surface area (Å²) in [6.07, 6.45) is -0.0729. The molecule has 0 amide bonds. The van der Waals surface area contributed by atoms with Crippen LogP contribution in [-0.2, 0) is 22.3 Å². The minimum Gasteiger partial charge on any atom is -0.481 e. The van der Waals surface area contributed by atoms with Crippen LogP contribution in [0.1, 0.15) is 29.0 Å². The summed E-state index contributed by atoms with van der Waals surface area (Å²) >= 11 is 12.6. The highest BCUT2D eigenvalue weighted by molar-refractivity contribution is 7.83. The maximum Gasteiger partial charge on any atom is 0.304 e. The molecule has 0 aromatic heterocycles. The largest absolute Gasteiger partial charge is 0.481 e. The van der Waals surface area contributed by atoms with E-state index in [0.717, 1.165) is 29.8 Å². The summed E-state index contributed by atoms with van der Waals surface area (Å²) in [4.78, 5) is 13.4. The molecule has 2 aromatic rings. The Morgan fingerprint density at radius 1 is 1.30 bits per heavy atom. The molecule has 2 N–H and O–H groups in total. The monoisotopic (exact) mass is 426 g/mol. The van der Waals surface area contributed by atoms with Gasteiger partial charge in [-0.3, -0.25) is 4.79 Å². The lowest BCUT2D eigenvalue weighted by molar-refractivity contribution is -0.136. The van der Waals surface area contributed by atoms with Crippen molar-refractivity contribution < 1.29 is 14.1 Å². The topological polar surface area (TPSA) is 69.6 Å². The fourth-order valence-corrected chi connectivity index (χ4v) is 4.69. The van der Waals surface area contributed by atoms with Crippen molar-refractivity contribution in [2.45, 2.75) is 23.8 Å². The van der Waals surface area contributed by atoms with Gasteiger partial charge in [0.1, 0.15) is 11.0 Å². The first-order chi connectivity index (χ1) is 12.8. The fourth-order valence-electron chi connectivity index (χ4n) is 3.29. The van der Waals surface area contributed by atoms with Gasteiger partial charge in [0.05, 0.1) is 11.3 Å². The number of fused-ring (bicyclic) bond motifs is 1. The number of nitrogens with one attached hydrogen (secondary N) is 1. The summed E-state index contributed by atoms with van der Waals surface area (Å²) in [5.41, 5.74) is 3.30. The summed E-state index contributed by atoms with van der Waals surface area (Å²) in [7, 11) is 0.614. The number of likely N-dealkylation sites (N-methyl/N-ethyl adjacent to an activating group) is 1. The lowest BCUT2D eigenvalue weighted by atomic mass is 9.85. The Morgan fingerprint density at radius 3 is 2.67 bits per heavy atom. The first-order valence-electron chi connectivity index (χ1n) is 8.48. The van der Waals surface area contributed by atoms with Gasteiger partial charge in [-0.25, -0.2) is 8.93 Å². The summed E-state index contributed by atoms with van der Waals surface area (Å²) < 4.78 is 14.9. The Hall–Kier alpha value is -1.44. The number of rotatable bonds is 6. The lowest BCUT2D eigenvalue weighted by Gasteiger charge is -2.33. The zero-order valence-electron chi connectivity index (χ0n) is 14.7. The molecule has 0 saturated carbocycles. The van der Waals surface area contributed by atoms with E-state index in [2.05, 4.69) is 16.7 Å². The number of aliphatic carboxylic acids is 1. The van der Waals surface area contributed by atoms with Crippen LogP contribution in [0.4, 0.5) is 0 Å². The van der Waals surface area contributed by atoms with Crippen molar-refractivity contribution in [3.8, 4) is 0 Å². The van der Waals surface area contributed by atoms with E-state index < -0.39 is 17.0 Å². The van der Waals surface area contributed by atoms with Gasteiger partial charge in [0, 0.05) is 35.6 Å². The molecule has 1 heterocycles. The number of carboxylic acid groups (broad SMARTS) is 1. The third-order valence-electron chi connectivity index (χ3n) is 4.56. The molecule has 5 nitrogen and oxygen atoms in total. The van der Waals surface area contributed by atoms with E-state index in [9.17, 15) is 9.00 Å². The highest BCUT2D eigenvalue weighted by atomic mass is 35.5. The highest BCUT2D eigenvalue weighted by Gasteiger charge is 2.27. The minimum absolute atomic E-state index is 0.0729. The van der Waals surface area contributed by atoms with Crippen molar-refractivity contribution in [2.24, 2.45) is 0 Å². The second kappa shape index (κ2) is 8.71. The Balaban J connectivity index is 1.82. The van der Waals surface area contributed by atoms with Crippen LogP contribution in [0.3, 0.4) is 0 Å². The number of halogens is 2. The van der Waals surface area contributed by atoms with Gasteiger partial charge in [-0.2, -0.15) is 0 Å². The van der Waals surface area contributed by atoms with Gasteiger partial charge < -0.3 is 10.0 Å². The van der Waals surface area contributed by atoms with Crippen molar-refractivity contribution in [2.75, 3.05) is 20.1 Å². The first kappa shape index (κ1) is 20.3. The van der Waals surface area contributed by atoms with E-state index in [1.54, 1.807) is 18.2 Å². The zero-order valence-corrected chi connectivity index (χ0v) is 17.1. The molecule has 144 valence electrons. The third-order valence-corrected chi connectivity index (χ3v) is 6.28. The summed E-state index contributed by atoms with van der Waals surface area (Å²) in [6.45, 7) is 1.77. The van der Waals surface area contributed by atoms with Crippen LogP contribution in [0.5, 0.6) is 0 Å². The molecule has 0 bridgehead atoms. The van der Waals surface area contributed by atoms with E-state index in [0.29, 0.717) is 14.9 Å².